The first-order valence-corrected chi connectivity index (χ1v) is 8.63. The molecule has 0 spiro atoms. The maximum Gasteiger partial charge on any atom is 0.416 e. The molecule has 0 unspecified atom stereocenters. The van der Waals surface area contributed by atoms with Crippen LogP contribution >= 0.6 is 0 Å². The summed E-state index contributed by atoms with van der Waals surface area (Å²) < 4.78 is 78.1. The minimum absolute atomic E-state index is 0.00259. The molecule has 1 radical (unpaired) electrons. The summed E-state index contributed by atoms with van der Waals surface area (Å²) in [6.07, 6.45) is -8.12. The third-order valence-corrected chi connectivity index (χ3v) is 4.90. The lowest BCUT2D eigenvalue weighted by atomic mass is 9.87. The van der Waals surface area contributed by atoms with Gasteiger partial charge >= 0.3 is 12.4 Å². The quantitative estimate of drug-likeness (QED) is 0.586. The lowest BCUT2D eigenvalue weighted by Crippen LogP contribution is -2.34. The number of benzene rings is 2. The molecule has 7 heteroatoms. The van der Waals surface area contributed by atoms with Gasteiger partial charge in [0.25, 0.3) is 0 Å². The van der Waals surface area contributed by atoms with Gasteiger partial charge in [0.15, 0.2) is 0 Å². The Bertz CT molecular complexity index is 758. The van der Waals surface area contributed by atoms with E-state index in [1.165, 1.54) is 0 Å². The normalized spacial score (nSPS) is 16.6. The average molecular weight is 386 g/mol. The molecular formula is C20H18F6N. The standard InChI is InChI=1S/C20H18F6N/c21-19(22,23)16-7-6-15(18(13-16)20(24,25)26)12-14-8-10-27(11-9-14)17-4-2-1-3-5-17/h1-4,6-7,13-14H,8-12H2. The fourth-order valence-electron chi connectivity index (χ4n) is 3.46. The van der Waals surface area contributed by atoms with Crippen molar-refractivity contribution < 1.29 is 26.3 Å². The molecule has 0 amide bonds. The highest BCUT2D eigenvalue weighted by Gasteiger charge is 2.38. The van der Waals surface area contributed by atoms with Crippen molar-refractivity contribution >= 4 is 5.69 Å². The molecule has 0 saturated carbocycles. The summed E-state index contributed by atoms with van der Waals surface area (Å²) >= 11 is 0. The molecule has 1 fully saturated rings. The van der Waals surface area contributed by atoms with Crippen LogP contribution in [0.5, 0.6) is 0 Å². The van der Waals surface area contributed by atoms with Gasteiger partial charge in [-0.05, 0) is 48.9 Å². The van der Waals surface area contributed by atoms with Crippen LogP contribution < -0.4 is 4.90 Å². The van der Waals surface area contributed by atoms with Gasteiger partial charge in [0.2, 0.25) is 0 Å². The highest BCUT2D eigenvalue weighted by Crippen LogP contribution is 2.38. The van der Waals surface area contributed by atoms with E-state index in [2.05, 4.69) is 11.0 Å². The van der Waals surface area contributed by atoms with Gasteiger partial charge in [-0.3, -0.25) is 0 Å². The highest BCUT2D eigenvalue weighted by molar-refractivity contribution is 5.45. The molecule has 0 N–H and O–H groups in total. The van der Waals surface area contributed by atoms with Gasteiger partial charge in [0.05, 0.1) is 11.1 Å². The lowest BCUT2D eigenvalue weighted by Gasteiger charge is -2.34. The van der Waals surface area contributed by atoms with Crippen LogP contribution in [0.15, 0.2) is 42.5 Å². The summed E-state index contributed by atoms with van der Waals surface area (Å²) in [6, 6.07) is 12.6. The van der Waals surface area contributed by atoms with Crippen LogP contribution in [0.1, 0.15) is 29.5 Å². The van der Waals surface area contributed by atoms with E-state index in [9.17, 15) is 26.3 Å². The van der Waals surface area contributed by atoms with E-state index in [0.29, 0.717) is 25.9 Å². The Labute approximate surface area is 153 Å². The van der Waals surface area contributed by atoms with Gasteiger partial charge in [-0.1, -0.05) is 24.3 Å². The molecule has 0 atom stereocenters. The van der Waals surface area contributed by atoms with Crippen LogP contribution in [0.2, 0.25) is 0 Å². The van der Waals surface area contributed by atoms with Gasteiger partial charge < -0.3 is 4.90 Å². The number of rotatable bonds is 3. The smallest absolute Gasteiger partial charge is 0.371 e. The first-order valence-electron chi connectivity index (χ1n) is 8.63. The van der Waals surface area contributed by atoms with Crippen LogP contribution in [-0.4, -0.2) is 13.1 Å². The molecule has 1 aliphatic rings. The fourth-order valence-corrected chi connectivity index (χ4v) is 3.46. The maximum absolute atomic E-state index is 13.3. The van der Waals surface area contributed by atoms with Crippen molar-refractivity contribution in [2.75, 3.05) is 18.0 Å². The Morgan fingerprint density at radius 1 is 0.926 bits per heavy atom. The van der Waals surface area contributed by atoms with Crippen LogP contribution in [0.3, 0.4) is 0 Å². The number of para-hydroxylation sites is 1. The van der Waals surface area contributed by atoms with Gasteiger partial charge in [0.1, 0.15) is 0 Å². The van der Waals surface area contributed by atoms with Crippen LogP contribution in [0.4, 0.5) is 32.0 Å². The summed E-state index contributed by atoms with van der Waals surface area (Å²) in [6.45, 7) is 1.38. The molecular weight excluding hydrogens is 368 g/mol. The minimum atomic E-state index is -4.81. The number of alkyl halides is 6. The van der Waals surface area contributed by atoms with E-state index in [0.717, 1.165) is 17.8 Å². The highest BCUT2D eigenvalue weighted by atomic mass is 19.4. The first kappa shape index (κ1) is 19.6. The summed E-state index contributed by atoms with van der Waals surface area (Å²) in [4.78, 5) is 2.12. The summed E-state index contributed by atoms with van der Waals surface area (Å²) in [5, 5.41) is 0. The minimum Gasteiger partial charge on any atom is -0.371 e. The van der Waals surface area contributed by atoms with Crippen LogP contribution in [0.25, 0.3) is 0 Å². The molecule has 1 aliphatic heterocycles. The Morgan fingerprint density at radius 2 is 1.63 bits per heavy atom. The van der Waals surface area contributed by atoms with Gasteiger partial charge in [-0.25, -0.2) is 0 Å². The predicted molar refractivity (Wildman–Crippen MR) is 90.4 cm³/mol. The van der Waals surface area contributed by atoms with Crippen molar-refractivity contribution in [3.63, 3.8) is 0 Å². The van der Waals surface area contributed by atoms with E-state index in [1.807, 2.05) is 18.2 Å². The van der Waals surface area contributed by atoms with Gasteiger partial charge in [-0.15, -0.1) is 0 Å². The molecule has 3 rings (SSSR count). The van der Waals surface area contributed by atoms with Crippen LogP contribution in [0, 0.1) is 12.0 Å². The molecule has 27 heavy (non-hydrogen) atoms. The third-order valence-electron chi connectivity index (χ3n) is 4.90. The molecule has 1 saturated heterocycles. The second kappa shape index (κ2) is 7.44. The SMILES string of the molecule is FC(F)(F)c1ccc(CC2CCN(c3[c]cccc3)CC2)c(C(F)(F)F)c1. The molecule has 0 aromatic heterocycles. The number of piperidine rings is 1. The van der Waals surface area contributed by atoms with Crippen molar-refractivity contribution in [1.29, 1.82) is 0 Å². The number of hydrogen-bond acceptors (Lipinski definition) is 1. The number of anilines is 1. The molecule has 2 aromatic carbocycles. The van der Waals surface area contributed by atoms with E-state index in [1.54, 1.807) is 6.07 Å². The zero-order valence-corrected chi connectivity index (χ0v) is 14.4. The number of hydrogen-bond donors (Lipinski definition) is 0. The zero-order chi connectivity index (χ0) is 19.7. The topological polar surface area (TPSA) is 3.24 Å². The van der Waals surface area contributed by atoms with E-state index >= 15 is 0 Å². The molecule has 145 valence electrons. The van der Waals surface area contributed by atoms with Crippen molar-refractivity contribution in [2.45, 2.75) is 31.6 Å². The Hall–Kier alpha value is -2.18. The van der Waals surface area contributed by atoms with E-state index in [4.69, 9.17) is 0 Å². The Kier molecular flexibility index (Phi) is 5.40. The first-order chi connectivity index (χ1) is 12.6. The maximum atomic E-state index is 13.3. The predicted octanol–water partition coefficient (Wildman–Crippen LogP) is 5.98. The lowest BCUT2D eigenvalue weighted by molar-refractivity contribution is -0.143. The average Bonchev–Trinajstić information content (AvgIpc) is 2.61. The van der Waals surface area contributed by atoms with Crippen molar-refractivity contribution in [3.05, 3.63) is 65.2 Å². The zero-order valence-electron chi connectivity index (χ0n) is 14.4. The van der Waals surface area contributed by atoms with Gasteiger partial charge in [-0.2, -0.15) is 26.3 Å². The van der Waals surface area contributed by atoms with E-state index < -0.39 is 23.5 Å². The summed E-state index contributed by atoms with van der Waals surface area (Å²) in [5.74, 6) is 0.00259. The van der Waals surface area contributed by atoms with Crippen molar-refractivity contribution in [1.82, 2.24) is 0 Å². The van der Waals surface area contributed by atoms with Crippen molar-refractivity contribution in [3.8, 4) is 0 Å². The monoisotopic (exact) mass is 386 g/mol. The summed E-state index contributed by atoms with van der Waals surface area (Å²) in [7, 11) is 0. The molecule has 0 aliphatic carbocycles. The third kappa shape index (κ3) is 4.76. The largest absolute Gasteiger partial charge is 0.416 e. The molecule has 0 bridgehead atoms. The Balaban J connectivity index is 1.73. The fraction of sp³-hybridized carbons (Fsp3) is 0.400. The molecule has 1 heterocycles. The van der Waals surface area contributed by atoms with E-state index in [-0.39, 0.29) is 24.0 Å². The molecule has 1 nitrogen and oxygen atoms in total. The van der Waals surface area contributed by atoms with Crippen molar-refractivity contribution in [2.24, 2.45) is 5.92 Å². The summed E-state index contributed by atoms with van der Waals surface area (Å²) in [5.41, 5.74) is -1.58. The van der Waals surface area contributed by atoms with Gasteiger partial charge in [0, 0.05) is 24.8 Å². The van der Waals surface area contributed by atoms with Crippen LogP contribution in [-0.2, 0) is 18.8 Å². The number of halogens is 6. The Morgan fingerprint density at radius 3 is 2.19 bits per heavy atom. The molecule has 2 aromatic rings. The second-order valence-electron chi connectivity index (χ2n) is 6.75. The number of nitrogens with zero attached hydrogens (tertiary/aromatic N) is 1. The second-order valence-corrected chi connectivity index (χ2v) is 6.75.